The molecule has 2 rings (SSSR count). The molecule has 2 N–H and O–H groups in total. The van der Waals surface area contributed by atoms with E-state index in [-0.39, 0.29) is 23.1 Å². The molecule has 0 aliphatic rings. The first-order valence-electron chi connectivity index (χ1n) is 6.65. The van der Waals surface area contributed by atoms with E-state index in [0.717, 1.165) is 5.56 Å². The minimum Gasteiger partial charge on any atom is -0.330 e. The Kier molecular flexibility index (Phi) is 5.86. The van der Waals surface area contributed by atoms with Gasteiger partial charge in [0.2, 0.25) is 5.91 Å². The van der Waals surface area contributed by atoms with Crippen molar-refractivity contribution in [1.29, 1.82) is 0 Å². The molecule has 0 bridgehead atoms. The van der Waals surface area contributed by atoms with E-state index in [0.29, 0.717) is 11.4 Å². The maximum Gasteiger partial charge on any atom is 0.226 e. The third kappa shape index (κ3) is 4.79. The van der Waals surface area contributed by atoms with E-state index in [2.05, 4.69) is 10.6 Å². The molecule has 0 heterocycles. The second-order valence-electron chi connectivity index (χ2n) is 4.57. The van der Waals surface area contributed by atoms with Gasteiger partial charge < -0.3 is 10.6 Å². The van der Waals surface area contributed by atoms with Crippen LogP contribution in [0.4, 0.5) is 10.1 Å². The van der Waals surface area contributed by atoms with Crippen molar-refractivity contribution in [2.75, 3.05) is 5.32 Å². The number of nitrogens with one attached hydrogen (secondary N) is 2. The van der Waals surface area contributed by atoms with Gasteiger partial charge in [0.15, 0.2) is 5.11 Å². The fraction of sp³-hybridized carbons (Fsp3) is 0.125. The van der Waals surface area contributed by atoms with Crippen molar-refractivity contribution in [2.24, 2.45) is 0 Å². The number of halogens is 2. The van der Waals surface area contributed by atoms with Crippen LogP contribution < -0.4 is 10.6 Å². The van der Waals surface area contributed by atoms with Crippen molar-refractivity contribution in [2.45, 2.75) is 12.8 Å². The molecule has 0 spiro atoms. The number of para-hydroxylation sites is 1. The lowest BCUT2D eigenvalue weighted by atomic mass is 10.1. The summed E-state index contributed by atoms with van der Waals surface area (Å²) in [6, 6.07) is 13.4. The molecule has 3 nitrogen and oxygen atoms in total. The van der Waals surface area contributed by atoms with Crippen LogP contribution in [0, 0.1) is 5.82 Å². The number of hydrogen-bond acceptors (Lipinski definition) is 2. The number of hydrogen-bond donors (Lipinski definition) is 2. The number of thiocarbonyl (C=S) groups is 1. The summed E-state index contributed by atoms with van der Waals surface area (Å²) in [5.41, 5.74) is 1.12. The number of benzene rings is 2. The van der Waals surface area contributed by atoms with Crippen LogP contribution in [0.1, 0.15) is 12.0 Å². The number of carbonyl (C=O) groups is 1. The maximum absolute atomic E-state index is 13.5. The van der Waals surface area contributed by atoms with E-state index in [1.165, 1.54) is 12.1 Å². The highest BCUT2D eigenvalue weighted by Crippen LogP contribution is 2.16. The molecule has 0 aliphatic carbocycles. The van der Waals surface area contributed by atoms with Crippen molar-refractivity contribution >= 4 is 40.5 Å². The van der Waals surface area contributed by atoms with Gasteiger partial charge in [0.05, 0.1) is 5.69 Å². The summed E-state index contributed by atoms with van der Waals surface area (Å²) in [6.07, 6.45) is 0.747. The quantitative estimate of drug-likeness (QED) is 0.831. The van der Waals surface area contributed by atoms with E-state index in [4.69, 9.17) is 23.8 Å². The maximum atomic E-state index is 13.5. The lowest BCUT2D eigenvalue weighted by Gasteiger charge is -2.10. The Morgan fingerprint density at radius 3 is 2.55 bits per heavy atom. The Balaban J connectivity index is 1.83. The minimum atomic E-state index is -0.435. The van der Waals surface area contributed by atoms with Crippen molar-refractivity contribution in [3.05, 3.63) is 64.9 Å². The Morgan fingerprint density at radius 2 is 1.82 bits per heavy atom. The first-order chi connectivity index (χ1) is 10.6. The molecule has 0 unspecified atom stereocenters. The molecule has 1 amide bonds. The summed E-state index contributed by atoms with van der Waals surface area (Å²) in [7, 11) is 0. The molecule has 0 saturated heterocycles. The molecule has 0 saturated carbocycles. The van der Waals surface area contributed by atoms with Crippen LogP contribution in [-0.2, 0) is 11.2 Å². The molecular weight excluding hydrogens is 323 g/mol. The summed E-state index contributed by atoms with van der Waals surface area (Å²) in [5.74, 6) is -0.691. The van der Waals surface area contributed by atoms with Gasteiger partial charge >= 0.3 is 0 Å². The van der Waals surface area contributed by atoms with Crippen LogP contribution >= 0.6 is 23.8 Å². The van der Waals surface area contributed by atoms with Gasteiger partial charge in [-0.15, -0.1) is 0 Å². The third-order valence-corrected chi connectivity index (χ3v) is 3.53. The van der Waals surface area contributed by atoms with Crippen molar-refractivity contribution in [1.82, 2.24) is 5.32 Å². The van der Waals surface area contributed by atoms with Crippen LogP contribution in [0.3, 0.4) is 0 Å². The SMILES string of the molecule is O=C(CCc1ccccc1Cl)NC(=S)Nc1ccccc1F. The molecule has 0 radical (unpaired) electrons. The first-order valence-corrected chi connectivity index (χ1v) is 7.43. The summed E-state index contributed by atoms with van der Waals surface area (Å²) in [6.45, 7) is 0. The van der Waals surface area contributed by atoms with Gasteiger partial charge in [-0.3, -0.25) is 4.79 Å². The van der Waals surface area contributed by atoms with Crippen molar-refractivity contribution in [3.8, 4) is 0 Å². The van der Waals surface area contributed by atoms with Crippen LogP contribution in [0.5, 0.6) is 0 Å². The Hall–Kier alpha value is -1.98. The molecule has 2 aromatic rings. The number of anilines is 1. The Bertz CT molecular complexity index is 693. The number of amides is 1. The summed E-state index contributed by atoms with van der Waals surface area (Å²) < 4.78 is 13.5. The number of aryl methyl sites for hydroxylation is 1. The van der Waals surface area contributed by atoms with Gasteiger partial charge in [-0.05, 0) is 42.4 Å². The summed E-state index contributed by atoms with van der Waals surface area (Å²) >= 11 is 11.0. The molecule has 2 aromatic carbocycles. The topological polar surface area (TPSA) is 41.1 Å². The molecule has 114 valence electrons. The third-order valence-electron chi connectivity index (χ3n) is 2.95. The molecule has 0 atom stereocenters. The average molecular weight is 337 g/mol. The van der Waals surface area contributed by atoms with Crippen LogP contribution in [0.15, 0.2) is 48.5 Å². The predicted octanol–water partition coefficient (Wildman–Crippen LogP) is 3.92. The van der Waals surface area contributed by atoms with Gasteiger partial charge in [-0.1, -0.05) is 41.9 Å². The second kappa shape index (κ2) is 7.87. The summed E-state index contributed by atoms with van der Waals surface area (Å²) in [5, 5.41) is 5.86. The number of carbonyl (C=O) groups excluding carboxylic acids is 1. The fourth-order valence-corrected chi connectivity index (χ4v) is 2.31. The predicted molar refractivity (Wildman–Crippen MR) is 90.5 cm³/mol. The molecule has 0 fully saturated rings. The first kappa shape index (κ1) is 16.4. The van der Waals surface area contributed by atoms with Crippen molar-refractivity contribution in [3.63, 3.8) is 0 Å². The average Bonchev–Trinajstić information content (AvgIpc) is 2.49. The smallest absolute Gasteiger partial charge is 0.226 e. The Labute approximate surface area is 138 Å². The summed E-state index contributed by atoms with van der Waals surface area (Å²) in [4.78, 5) is 11.8. The fourth-order valence-electron chi connectivity index (χ4n) is 1.85. The lowest BCUT2D eigenvalue weighted by Crippen LogP contribution is -2.34. The highest BCUT2D eigenvalue weighted by atomic mass is 35.5. The molecule has 0 aliphatic heterocycles. The van der Waals surface area contributed by atoms with Crippen LogP contribution in [-0.4, -0.2) is 11.0 Å². The highest BCUT2D eigenvalue weighted by molar-refractivity contribution is 7.80. The minimum absolute atomic E-state index is 0.0641. The van der Waals surface area contributed by atoms with E-state index in [9.17, 15) is 9.18 Å². The van der Waals surface area contributed by atoms with Gasteiger partial charge in [-0.25, -0.2) is 4.39 Å². The van der Waals surface area contributed by atoms with Gasteiger partial charge in [0, 0.05) is 11.4 Å². The van der Waals surface area contributed by atoms with E-state index < -0.39 is 5.82 Å². The van der Waals surface area contributed by atoms with Crippen LogP contribution in [0.25, 0.3) is 0 Å². The zero-order chi connectivity index (χ0) is 15.9. The Morgan fingerprint density at radius 1 is 1.14 bits per heavy atom. The normalized spacial score (nSPS) is 10.1. The molecular formula is C16H14ClFN2OS. The van der Waals surface area contributed by atoms with Gasteiger partial charge in [0.25, 0.3) is 0 Å². The largest absolute Gasteiger partial charge is 0.330 e. The van der Waals surface area contributed by atoms with E-state index in [1.54, 1.807) is 18.2 Å². The lowest BCUT2D eigenvalue weighted by molar-refractivity contribution is -0.119. The van der Waals surface area contributed by atoms with E-state index in [1.807, 2.05) is 18.2 Å². The second-order valence-corrected chi connectivity index (χ2v) is 5.39. The molecule has 6 heteroatoms. The molecule has 22 heavy (non-hydrogen) atoms. The zero-order valence-electron chi connectivity index (χ0n) is 11.6. The highest BCUT2D eigenvalue weighted by Gasteiger charge is 2.08. The van der Waals surface area contributed by atoms with Crippen LogP contribution in [0.2, 0.25) is 5.02 Å². The molecule has 0 aromatic heterocycles. The number of rotatable bonds is 4. The van der Waals surface area contributed by atoms with Crippen molar-refractivity contribution < 1.29 is 9.18 Å². The van der Waals surface area contributed by atoms with Gasteiger partial charge in [0.1, 0.15) is 5.82 Å². The standard InChI is InChI=1S/C16H14ClFN2OS/c17-12-6-2-1-5-11(12)9-10-15(21)20-16(22)19-14-8-4-3-7-13(14)18/h1-8H,9-10H2,(H2,19,20,21,22). The van der Waals surface area contributed by atoms with Gasteiger partial charge in [-0.2, -0.15) is 0 Å². The monoisotopic (exact) mass is 336 g/mol. The zero-order valence-corrected chi connectivity index (χ0v) is 13.2. The van der Waals surface area contributed by atoms with E-state index >= 15 is 0 Å².